The highest BCUT2D eigenvalue weighted by molar-refractivity contribution is 6.13. The topological polar surface area (TPSA) is 55.8 Å². The van der Waals surface area contributed by atoms with Crippen molar-refractivity contribution >= 4 is 11.8 Å². The summed E-state index contributed by atoms with van der Waals surface area (Å²) in [7, 11) is 3.19. The van der Waals surface area contributed by atoms with E-state index in [1.807, 2.05) is 12.1 Å². The SMILES string of the molecule is COc1cc(OC)c2c(c1)[C@@H](N1C(=O)C=CC1=O)CC2. The molecule has 104 valence electrons. The summed E-state index contributed by atoms with van der Waals surface area (Å²) in [5.41, 5.74) is 1.98. The Bertz CT molecular complexity index is 603. The molecular weight excluding hydrogens is 258 g/mol. The van der Waals surface area contributed by atoms with Gasteiger partial charge in [0.15, 0.2) is 0 Å². The third-order valence-electron chi connectivity index (χ3n) is 3.85. The van der Waals surface area contributed by atoms with Gasteiger partial charge in [0.2, 0.25) is 0 Å². The lowest BCUT2D eigenvalue weighted by molar-refractivity contribution is -0.139. The van der Waals surface area contributed by atoms with Gasteiger partial charge in [-0.3, -0.25) is 14.5 Å². The first-order valence-corrected chi connectivity index (χ1v) is 6.45. The molecule has 1 heterocycles. The highest BCUT2D eigenvalue weighted by Gasteiger charge is 2.37. The zero-order valence-corrected chi connectivity index (χ0v) is 11.4. The monoisotopic (exact) mass is 273 g/mol. The van der Waals surface area contributed by atoms with Crippen LogP contribution >= 0.6 is 0 Å². The van der Waals surface area contributed by atoms with Crippen LogP contribution in [0.5, 0.6) is 11.5 Å². The predicted molar refractivity (Wildman–Crippen MR) is 71.6 cm³/mol. The Morgan fingerprint density at radius 2 is 1.80 bits per heavy atom. The quantitative estimate of drug-likeness (QED) is 0.785. The van der Waals surface area contributed by atoms with Crippen LogP contribution in [0, 0.1) is 0 Å². The molecule has 0 N–H and O–H groups in total. The van der Waals surface area contributed by atoms with E-state index in [1.54, 1.807) is 14.2 Å². The Hall–Kier alpha value is -2.30. The minimum absolute atomic E-state index is 0.232. The highest BCUT2D eigenvalue weighted by atomic mass is 16.5. The van der Waals surface area contributed by atoms with Crippen molar-refractivity contribution < 1.29 is 19.1 Å². The van der Waals surface area contributed by atoms with Crippen molar-refractivity contribution in [1.29, 1.82) is 0 Å². The van der Waals surface area contributed by atoms with Gasteiger partial charge in [-0.1, -0.05) is 0 Å². The van der Waals surface area contributed by atoms with Crippen LogP contribution in [0.25, 0.3) is 0 Å². The number of ether oxygens (including phenoxy) is 2. The number of hydrogen-bond acceptors (Lipinski definition) is 4. The van der Waals surface area contributed by atoms with E-state index >= 15 is 0 Å². The van der Waals surface area contributed by atoms with Crippen molar-refractivity contribution in [2.75, 3.05) is 14.2 Å². The van der Waals surface area contributed by atoms with Gasteiger partial charge in [0.05, 0.1) is 20.3 Å². The van der Waals surface area contributed by atoms with Gasteiger partial charge in [-0.2, -0.15) is 0 Å². The Balaban J connectivity index is 2.05. The van der Waals surface area contributed by atoms with E-state index < -0.39 is 0 Å². The molecule has 20 heavy (non-hydrogen) atoms. The van der Waals surface area contributed by atoms with Crippen LogP contribution < -0.4 is 9.47 Å². The maximum absolute atomic E-state index is 11.8. The summed E-state index contributed by atoms with van der Waals surface area (Å²) in [5, 5.41) is 0. The summed E-state index contributed by atoms with van der Waals surface area (Å²) < 4.78 is 10.6. The van der Waals surface area contributed by atoms with Gasteiger partial charge in [-0.25, -0.2) is 0 Å². The molecule has 1 aromatic carbocycles. The first kappa shape index (κ1) is 12.7. The number of hydrogen-bond donors (Lipinski definition) is 0. The summed E-state index contributed by atoms with van der Waals surface area (Å²) in [6.45, 7) is 0. The van der Waals surface area contributed by atoms with Crippen LogP contribution in [-0.2, 0) is 16.0 Å². The Morgan fingerprint density at radius 3 is 2.40 bits per heavy atom. The lowest BCUT2D eigenvalue weighted by Gasteiger charge is -2.23. The Labute approximate surface area is 116 Å². The number of nitrogens with zero attached hydrogens (tertiary/aromatic N) is 1. The zero-order valence-electron chi connectivity index (χ0n) is 11.4. The Morgan fingerprint density at radius 1 is 1.10 bits per heavy atom. The van der Waals surface area contributed by atoms with Crippen molar-refractivity contribution in [3.8, 4) is 11.5 Å². The molecule has 2 amide bonds. The van der Waals surface area contributed by atoms with Gasteiger partial charge in [-0.05, 0) is 30.0 Å². The van der Waals surface area contributed by atoms with Crippen LogP contribution in [0.4, 0.5) is 0 Å². The highest BCUT2D eigenvalue weighted by Crippen LogP contribution is 2.43. The summed E-state index contributed by atoms with van der Waals surface area (Å²) in [4.78, 5) is 25.0. The molecule has 0 fully saturated rings. The fraction of sp³-hybridized carbons (Fsp3) is 0.333. The summed E-state index contributed by atoms with van der Waals surface area (Å²) in [6, 6.07) is 3.48. The molecular formula is C15H15NO4. The second kappa shape index (κ2) is 4.67. The molecule has 3 rings (SSSR count). The minimum Gasteiger partial charge on any atom is -0.497 e. The van der Waals surface area contributed by atoms with Crippen LogP contribution in [0.3, 0.4) is 0 Å². The van der Waals surface area contributed by atoms with Crippen molar-refractivity contribution in [3.05, 3.63) is 35.4 Å². The fourth-order valence-corrected chi connectivity index (χ4v) is 2.93. The van der Waals surface area contributed by atoms with Crippen LogP contribution in [0.1, 0.15) is 23.6 Å². The molecule has 5 nitrogen and oxygen atoms in total. The largest absolute Gasteiger partial charge is 0.497 e. The van der Waals surface area contributed by atoms with E-state index in [0.29, 0.717) is 5.75 Å². The lowest BCUT2D eigenvalue weighted by Crippen LogP contribution is -2.33. The summed E-state index contributed by atoms with van der Waals surface area (Å²) in [6.07, 6.45) is 4.14. The van der Waals surface area contributed by atoms with Gasteiger partial charge in [0.25, 0.3) is 11.8 Å². The number of amides is 2. The van der Waals surface area contributed by atoms with Crippen molar-refractivity contribution in [3.63, 3.8) is 0 Å². The number of benzene rings is 1. The zero-order chi connectivity index (χ0) is 14.3. The van der Waals surface area contributed by atoms with Gasteiger partial charge >= 0.3 is 0 Å². The molecule has 1 aliphatic carbocycles. The van der Waals surface area contributed by atoms with Crippen LogP contribution in [0.2, 0.25) is 0 Å². The predicted octanol–water partition coefficient (Wildman–Crippen LogP) is 1.62. The van der Waals surface area contributed by atoms with E-state index in [4.69, 9.17) is 9.47 Å². The molecule has 0 radical (unpaired) electrons. The van der Waals surface area contributed by atoms with Gasteiger partial charge in [0.1, 0.15) is 11.5 Å². The number of rotatable bonds is 3. The maximum atomic E-state index is 11.8. The van der Waals surface area contributed by atoms with E-state index in [2.05, 4.69) is 0 Å². The van der Waals surface area contributed by atoms with E-state index in [9.17, 15) is 9.59 Å². The second-order valence-electron chi connectivity index (χ2n) is 4.83. The first-order valence-electron chi connectivity index (χ1n) is 6.45. The molecule has 0 saturated carbocycles. The molecule has 5 heteroatoms. The number of imide groups is 1. The average Bonchev–Trinajstić information content (AvgIpc) is 3.01. The van der Waals surface area contributed by atoms with Crippen molar-refractivity contribution in [2.24, 2.45) is 0 Å². The van der Waals surface area contributed by atoms with Crippen molar-refractivity contribution in [1.82, 2.24) is 4.90 Å². The number of fused-ring (bicyclic) bond motifs is 1. The number of carbonyl (C=O) groups is 2. The third-order valence-corrected chi connectivity index (χ3v) is 3.85. The molecule has 1 aromatic rings. The molecule has 0 aromatic heterocycles. The number of methoxy groups -OCH3 is 2. The minimum atomic E-state index is -0.255. The molecule has 0 spiro atoms. The standard InChI is InChI=1S/C15H15NO4/c1-19-9-7-11-10(13(8-9)20-2)3-4-12(11)16-14(17)5-6-15(16)18/h5-8,12H,3-4H2,1-2H3/t12-/m0/s1. The lowest BCUT2D eigenvalue weighted by atomic mass is 10.1. The second-order valence-corrected chi connectivity index (χ2v) is 4.83. The fourth-order valence-electron chi connectivity index (χ4n) is 2.93. The number of carbonyl (C=O) groups excluding carboxylic acids is 2. The molecule has 1 aliphatic heterocycles. The summed E-state index contributed by atoms with van der Waals surface area (Å²) >= 11 is 0. The molecule has 0 saturated heterocycles. The van der Waals surface area contributed by atoms with Crippen molar-refractivity contribution in [2.45, 2.75) is 18.9 Å². The third kappa shape index (κ3) is 1.78. The van der Waals surface area contributed by atoms with Crippen LogP contribution in [0.15, 0.2) is 24.3 Å². The molecule has 0 unspecified atom stereocenters. The molecule has 0 bridgehead atoms. The van der Waals surface area contributed by atoms with E-state index in [-0.39, 0.29) is 17.9 Å². The van der Waals surface area contributed by atoms with Gasteiger partial charge in [0, 0.05) is 18.2 Å². The smallest absolute Gasteiger partial charge is 0.254 e. The average molecular weight is 273 g/mol. The summed E-state index contributed by atoms with van der Waals surface area (Å²) in [5.74, 6) is 0.901. The molecule has 1 atom stereocenters. The van der Waals surface area contributed by atoms with Crippen LogP contribution in [-0.4, -0.2) is 30.9 Å². The Kier molecular flexibility index (Phi) is 2.97. The van der Waals surface area contributed by atoms with E-state index in [1.165, 1.54) is 17.1 Å². The van der Waals surface area contributed by atoms with E-state index in [0.717, 1.165) is 29.7 Å². The van der Waals surface area contributed by atoms with Gasteiger partial charge < -0.3 is 9.47 Å². The van der Waals surface area contributed by atoms with Gasteiger partial charge in [-0.15, -0.1) is 0 Å². The normalized spacial score (nSPS) is 20.5. The maximum Gasteiger partial charge on any atom is 0.254 e. The molecule has 2 aliphatic rings. The first-order chi connectivity index (χ1) is 9.65.